The highest BCUT2D eigenvalue weighted by Crippen LogP contribution is 2.17. The van der Waals surface area contributed by atoms with Crippen molar-refractivity contribution in [2.75, 3.05) is 6.54 Å². The number of nitrogens with zero attached hydrogens (tertiary/aromatic N) is 2. The maximum absolute atomic E-state index is 6.31. The van der Waals surface area contributed by atoms with Crippen LogP contribution in [0.4, 0.5) is 0 Å². The first kappa shape index (κ1) is 13.4. The van der Waals surface area contributed by atoms with E-state index in [-0.39, 0.29) is 5.38 Å². The molecular formula is C12H20ClN3. The summed E-state index contributed by atoms with van der Waals surface area (Å²) < 4.78 is 0. The molecular weight excluding hydrogens is 222 g/mol. The van der Waals surface area contributed by atoms with E-state index in [1.165, 1.54) is 0 Å². The molecule has 0 radical (unpaired) electrons. The van der Waals surface area contributed by atoms with E-state index in [0.29, 0.717) is 12.5 Å². The molecule has 0 fully saturated rings. The fourth-order valence-electron chi connectivity index (χ4n) is 1.71. The van der Waals surface area contributed by atoms with Gasteiger partial charge in [0.1, 0.15) is 5.82 Å². The third-order valence-corrected chi connectivity index (χ3v) is 3.31. The topological polar surface area (TPSA) is 37.8 Å². The van der Waals surface area contributed by atoms with Gasteiger partial charge >= 0.3 is 0 Å². The van der Waals surface area contributed by atoms with Crippen molar-refractivity contribution >= 4 is 11.6 Å². The van der Waals surface area contributed by atoms with Gasteiger partial charge in [0.05, 0.1) is 6.54 Å². The molecule has 0 bridgehead atoms. The summed E-state index contributed by atoms with van der Waals surface area (Å²) in [6.07, 6.45) is 5.77. The fourth-order valence-corrected chi connectivity index (χ4v) is 2.18. The number of hydrogen-bond donors (Lipinski definition) is 1. The number of halogens is 1. The van der Waals surface area contributed by atoms with Crippen molar-refractivity contribution in [3.05, 3.63) is 24.3 Å². The van der Waals surface area contributed by atoms with Crippen LogP contribution in [0.5, 0.6) is 0 Å². The molecule has 0 aliphatic heterocycles. The van der Waals surface area contributed by atoms with Crippen molar-refractivity contribution in [1.29, 1.82) is 0 Å². The normalized spacial score (nSPS) is 13.0. The molecule has 1 aromatic rings. The van der Waals surface area contributed by atoms with Crippen LogP contribution in [-0.2, 0) is 6.54 Å². The van der Waals surface area contributed by atoms with Crippen LogP contribution in [0.15, 0.2) is 18.5 Å². The highest BCUT2D eigenvalue weighted by Gasteiger charge is 2.14. The second-order valence-electron chi connectivity index (χ2n) is 3.89. The lowest BCUT2D eigenvalue weighted by Crippen LogP contribution is -2.28. The van der Waals surface area contributed by atoms with Crippen LogP contribution in [0.25, 0.3) is 0 Å². The molecule has 1 aromatic heterocycles. The van der Waals surface area contributed by atoms with Crippen molar-refractivity contribution < 1.29 is 0 Å². The second-order valence-corrected chi connectivity index (χ2v) is 4.45. The Balaban J connectivity index is 2.25. The van der Waals surface area contributed by atoms with E-state index in [2.05, 4.69) is 29.1 Å². The minimum atomic E-state index is 0.193. The Morgan fingerprint density at radius 3 is 2.44 bits per heavy atom. The van der Waals surface area contributed by atoms with Gasteiger partial charge in [-0.05, 0) is 12.0 Å². The maximum Gasteiger partial charge on any atom is 0.141 e. The standard InChI is InChI=1S/C12H20ClN3/c1-3-10(4-2)11(13)8-14-9-12-15-6-5-7-16-12/h5-7,10-11,14H,3-4,8-9H2,1-2H3. The van der Waals surface area contributed by atoms with Gasteiger partial charge in [0, 0.05) is 24.3 Å². The molecule has 0 aliphatic rings. The van der Waals surface area contributed by atoms with Crippen LogP contribution in [-0.4, -0.2) is 21.9 Å². The Morgan fingerprint density at radius 1 is 1.25 bits per heavy atom. The summed E-state index contributed by atoms with van der Waals surface area (Å²) in [7, 11) is 0. The second kappa shape index (κ2) is 7.58. The molecule has 1 unspecified atom stereocenters. The van der Waals surface area contributed by atoms with Crippen LogP contribution in [0.1, 0.15) is 32.5 Å². The summed E-state index contributed by atoms with van der Waals surface area (Å²) in [5.74, 6) is 1.40. The predicted octanol–water partition coefficient (Wildman–Crippen LogP) is 2.61. The lowest BCUT2D eigenvalue weighted by atomic mass is 9.99. The van der Waals surface area contributed by atoms with Gasteiger partial charge < -0.3 is 5.32 Å². The first-order valence-corrected chi connectivity index (χ1v) is 6.32. The molecule has 4 heteroatoms. The summed E-state index contributed by atoms with van der Waals surface area (Å²) in [5.41, 5.74) is 0. The summed E-state index contributed by atoms with van der Waals surface area (Å²) in [6.45, 7) is 5.87. The van der Waals surface area contributed by atoms with Gasteiger partial charge in [0.15, 0.2) is 0 Å². The lowest BCUT2D eigenvalue weighted by Gasteiger charge is -2.19. The molecule has 1 N–H and O–H groups in total. The van der Waals surface area contributed by atoms with E-state index in [9.17, 15) is 0 Å². The molecule has 1 rings (SSSR count). The number of alkyl halides is 1. The molecule has 0 aliphatic carbocycles. The average Bonchev–Trinajstić information content (AvgIpc) is 2.32. The Kier molecular flexibility index (Phi) is 6.34. The van der Waals surface area contributed by atoms with Crippen molar-refractivity contribution in [2.45, 2.75) is 38.6 Å². The van der Waals surface area contributed by atoms with E-state index >= 15 is 0 Å². The van der Waals surface area contributed by atoms with Crippen molar-refractivity contribution in [2.24, 2.45) is 5.92 Å². The zero-order valence-electron chi connectivity index (χ0n) is 9.99. The van der Waals surface area contributed by atoms with Crippen molar-refractivity contribution in [1.82, 2.24) is 15.3 Å². The number of nitrogens with one attached hydrogen (secondary N) is 1. The highest BCUT2D eigenvalue weighted by molar-refractivity contribution is 6.21. The lowest BCUT2D eigenvalue weighted by molar-refractivity contribution is 0.444. The average molecular weight is 242 g/mol. The Labute approximate surface area is 103 Å². The quantitative estimate of drug-likeness (QED) is 0.746. The smallest absolute Gasteiger partial charge is 0.141 e. The van der Waals surface area contributed by atoms with Crippen LogP contribution < -0.4 is 5.32 Å². The minimum absolute atomic E-state index is 0.193. The van der Waals surface area contributed by atoms with E-state index in [4.69, 9.17) is 11.6 Å². The fraction of sp³-hybridized carbons (Fsp3) is 0.667. The number of aromatic nitrogens is 2. The number of rotatable bonds is 7. The molecule has 16 heavy (non-hydrogen) atoms. The molecule has 1 atom stereocenters. The zero-order chi connectivity index (χ0) is 11.8. The summed E-state index contributed by atoms with van der Waals surface area (Å²) in [5, 5.41) is 3.49. The summed E-state index contributed by atoms with van der Waals surface area (Å²) in [4.78, 5) is 8.29. The highest BCUT2D eigenvalue weighted by atomic mass is 35.5. The van der Waals surface area contributed by atoms with Crippen LogP contribution in [0, 0.1) is 5.92 Å². The summed E-state index contributed by atoms with van der Waals surface area (Å²) >= 11 is 6.31. The Morgan fingerprint density at radius 2 is 1.88 bits per heavy atom. The third-order valence-electron chi connectivity index (χ3n) is 2.80. The monoisotopic (exact) mass is 241 g/mol. The van der Waals surface area contributed by atoms with Crippen LogP contribution in [0.3, 0.4) is 0 Å². The molecule has 0 spiro atoms. The first-order valence-electron chi connectivity index (χ1n) is 5.88. The maximum atomic E-state index is 6.31. The molecule has 0 saturated carbocycles. The van der Waals surface area contributed by atoms with Gasteiger partial charge in [-0.1, -0.05) is 26.7 Å². The molecule has 0 aromatic carbocycles. The number of hydrogen-bond acceptors (Lipinski definition) is 3. The largest absolute Gasteiger partial charge is 0.308 e. The first-order chi connectivity index (χ1) is 7.77. The van der Waals surface area contributed by atoms with Gasteiger partial charge in [-0.2, -0.15) is 0 Å². The van der Waals surface area contributed by atoms with Crippen molar-refractivity contribution in [3.63, 3.8) is 0 Å². The van der Waals surface area contributed by atoms with Gasteiger partial charge in [-0.15, -0.1) is 11.6 Å². The van der Waals surface area contributed by atoms with Gasteiger partial charge in [0.25, 0.3) is 0 Å². The minimum Gasteiger partial charge on any atom is -0.308 e. The molecule has 0 amide bonds. The van der Waals surface area contributed by atoms with E-state index in [1.807, 2.05) is 6.07 Å². The van der Waals surface area contributed by atoms with Crippen LogP contribution >= 0.6 is 11.6 Å². The van der Waals surface area contributed by atoms with Gasteiger partial charge in [0.2, 0.25) is 0 Å². The van der Waals surface area contributed by atoms with Crippen LogP contribution in [0.2, 0.25) is 0 Å². The van der Waals surface area contributed by atoms with E-state index in [0.717, 1.165) is 25.2 Å². The van der Waals surface area contributed by atoms with E-state index < -0.39 is 0 Å². The summed E-state index contributed by atoms with van der Waals surface area (Å²) in [6, 6.07) is 1.82. The molecule has 3 nitrogen and oxygen atoms in total. The molecule has 90 valence electrons. The van der Waals surface area contributed by atoms with Crippen molar-refractivity contribution in [3.8, 4) is 0 Å². The Bertz CT molecular complexity index is 275. The molecule has 1 heterocycles. The third kappa shape index (κ3) is 4.45. The Hall–Kier alpha value is -0.670. The predicted molar refractivity (Wildman–Crippen MR) is 67.5 cm³/mol. The van der Waals surface area contributed by atoms with Gasteiger partial charge in [-0.25, -0.2) is 9.97 Å². The zero-order valence-corrected chi connectivity index (χ0v) is 10.7. The SMILES string of the molecule is CCC(CC)C(Cl)CNCc1ncccn1. The van der Waals surface area contributed by atoms with E-state index in [1.54, 1.807) is 12.4 Å². The van der Waals surface area contributed by atoms with Gasteiger partial charge in [-0.3, -0.25) is 0 Å². The molecule has 0 saturated heterocycles.